The van der Waals surface area contributed by atoms with Gasteiger partial charge in [-0.05, 0) is 262 Å². The Morgan fingerprint density at radius 3 is 0.928 bits per heavy atom. The lowest BCUT2D eigenvalue weighted by molar-refractivity contribution is 0.769. The molecular formula is C136H90N2. The molecule has 0 amide bonds. The SMILES string of the molecule is c1ccc(-c2cccc(C3c4ccccc4-c4cc(-c5ccc6c(c5)c5c7c(ccc5n6-c5cccc(-c6ccccc6)c5)-c5ccccc5C7(c5ccccc5)c5ccccc5)ccc43)c2)cc1.c1ccc(-c2cccc(C3c4ccccc4-c4cc(-c5ccc6c(c5)c5c7c(ccc5n6-c5cccc(-c6ccccc6)c5)C(c5ccccc5)(c5ccccc5)c5ccccc5-7)ccc43)c2)cc1. The summed E-state index contributed by atoms with van der Waals surface area (Å²) >= 11 is 0. The molecule has 138 heavy (non-hydrogen) atoms. The Labute approximate surface area is 804 Å². The second-order valence-corrected chi connectivity index (χ2v) is 37.4. The smallest absolute Gasteiger partial charge is 0.0720 e. The Morgan fingerprint density at radius 1 is 0.167 bits per heavy atom. The minimum atomic E-state index is -0.570. The normalized spacial score (nSPS) is 14.1. The number of fused-ring (bicyclic) bond motifs is 20. The van der Waals surface area contributed by atoms with Crippen LogP contribution in [0.4, 0.5) is 0 Å². The highest BCUT2D eigenvalue weighted by Crippen LogP contribution is 2.63. The van der Waals surface area contributed by atoms with Gasteiger partial charge in [0.15, 0.2) is 0 Å². The molecule has 644 valence electrons. The van der Waals surface area contributed by atoms with Crippen LogP contribution in [-0.2, 0) is 10.8 Å². The molecule has 4 aliphatic carbocycles. The highest BCUT2D eigenvalue weighted by molar-refractivity contribution is 6.20. The molecule has 0 aliphatic heterocycles. The van der Waals surface area contributed by atoms with Crippen molar-refractivity contribution in [2.75, 3.05) is 0 Å². The van der Waals surface area contributed by atoms with E-state index in [4.69, 9.17) is 0 Å². The van der Waals surface area contributed by atoms with E-state index in [2.05, 4.69) is 543 Å². The second-order valence-electron chi connectivity index (χ2n) is 37.4. The zero-order valence-corrected chi connectivity index (χ0v) is 75.9. The van der Waals surface area contributed by atoms with Crippen LogP contribution in [0.3, 0.4) is 0 Å². The van der Waals surface area contributed by atoms with Crippen molar-refractivity contribution in [2.45, 2.75) is 22.7 Å². The zero-order chi connectivity index (χ0) is 90.9. The maximum atomic E-state index is 2.51. The molecule has 22 aromatic carbocycles. The molecule has 0 fully saturated rings. The molecule has 4 aliphatic rings. The molecule has 0 radical (unpaired) electrons. The number of aromatic nitrogens is 2. The number of hydrogen-bond acceptors (Lipinski definition) is 0. The fourth-order valence-electron chi connectivity index (χ4n) is 24.5. The average molecular weight is 1750 g/mol. The van der Waals surface area contributed by atoms with Crippen LogP contribution < -0.4 is 0 Å². The Bertz CT molecular complexity index is 8840. The van der Waals surface area contributed by atoms with Crippen LogP contribution in [0.5, 0.6) is 0 Å². The predicted octanol–water partition coefficient (Wildman–Crippen LogP) is 34.6. The van der Waals surface area contributed by atoms with E-state index < -0.39 is 10.8 Å². The highest BCUT2D eigenvalue weighted by atomic mass is 15.0. The first-order valence-corrected chi connectivity index (χ1v) is 48.2. The van der Waals surface area contributed by atoms with Crippen LogP contribution in [0.15, 0.2) is 534 Å². The average Bonchev–Trinajstić information content (AvgIpc) is 1.51. The van der Waals surface area contributed by atoms with E-state index in [-0.39, 0.29) is 11.8 Å². The first kappa shape index (κ1) is 80.1. The van der Waals surface area contributed by atoms with E-state index in [1.165, 1.54) is 233 Å². The monoisotopic (exact) mass is 1750 g/mol. The van der Waals surface area contributed by atoms with Crippen molar-refractivity contribution in [1.29, 1.82) is 0 Å². The molecule has 2 heterocycles. The minimum absolute atomic E-state index is 0.148. The van der Waals surface area contributed by atoms with Crippen LogP contribution in [-0.4, -0.2) is 9.13 Å². The third-order valence-electron chi connectivity index (χ3n) is 30.3. The lowest BCUT2D eigenvalue weighted by atomic mass is 9.67. The molecule has 0 saturated carbocycles. The topological polar surface area (TPSA) is 9.86 Å². The van der Waals surface area contributed by atoms with Crippen molar-refractivity contribution in [3.8, 4) is 123 Å². The van der Waals surface area contributed by atoms with Gasteiger partial charge in [0.25, 0.3) is 0 Å². The number of rotatable bonds is 14. The van der Waals surface area contributed by atoms with Crippen LogP contribution in [0.2, 0.25) is 0 Å². The molecule has 2 heteroatoms. The van der Waals surface area contributed by atoms with Gasteiger partial charge in [0.05, 0.1) is 32.9 Å². The summed E-state index contributed by atoms with van der Waals surface area (Å²) in [4.78, 5) is 0. The summed E-state index contributed by atoms with van der Waals surface area (Å²) in [5, 5.41) is 5.04. The Kier molecular flexibility index (Phi) is 19.0. The molecular weight excluding hydrogens is 1660 g/mol. The molecule has 0 spiro atoms. The van der Waals surface area contributed by atoms with E-state index in [1.54, 1.807) is 0 Å². The molecule has 0 N–H and O–H groups in total. The molecule has 2 unspecified atom stereocenters. The van der Waals surface area contributed by atoms with Gasteiger partial charge in [-0.15, -0.1) is 0 Å². The Hall–Kier alpha value is -17.6. The Balaban J connectivity index is 0.000000139. The summed E-state index contributed by atoms with van der Waals surface area (Å²) in [6, 6.07) is 199. The van der Waals surface area contributed by atoms with E-state index in [0.717, 1.165) is 11.4 Å². The molecule has 0 bridgehead atoms. The molecule has 28 rings (SSSR count). The van der Waals surface area contributed by atoms with Crippen molar-refractivity contribution < 1.29 is 0 Å². The minimum Gasteiger partial charge on any atom is -0.309 e. The van der Waals surface area contributed by atoms with Crippen molar-refractivity contribution >= 4 is 43.6 Å². The van der Waals surface area contributed by atoms with Gasteiger partial charge in [-0.1, -0.05) is 461 Å². The van der Waals surface area contributed by atoms with Gasteiger partial charge in [0.1, 0.15) is 0 Å². The zero-order valence-electron chi connectivity index (χ0n) is 75.9. The van der Waals surface area contributed by atoms with Gasteiger partial charge >= 0.3 is 0 Å². The molecule has 2 nitrogen and oxygen atoms in total. The van der Waals surface area contributed by atoms with Gasteiger partial charge in [0, 0.05) is 44.8 Å². The van der Waals surface area contributed by atoms with Crippen molar-refractivity contribution in [3.05, 3.63) is 612 Å². The maximum absolute atomic E-state index is 2.51. The summed E-state index contributed by atoms with van der Waals surface area (Å²) in [6.45, 7) is 0. The van der Waals surface area contributed by atoms with Gasteiger partial charge in [-0.25, -0.2) is 0 Å². The van der Waals surface area contributed by atoms with Crippen molar-refractivity contribution in [1.82, 2.24) is 9.13 Å². The van der Waals surface area contributed by atoms with E-state index in [9.17, 15) is 0 Å². The predicted molar refractivity (Wildman–Crippen MR) is 574 cm³/mol. The number of hydrogen-bond donors (Lipinski definition) is 0. The first-order chi connectivity index (χ1) is 68.5. The van der Waals surface area contributed by atoms with E-state index in [1.807, 2.05) is 0 Å². The van der Waals surface area contributed by atoms with E-state index >= 15 is 0 Å². The van der Waals surface area contributed by atoms with Gasteiger partial charge in [0.2, 0.25) is 0 Å². The molecule has 2 atom stereocenters. The summed E-state index contributed by atoms with van der Waals surface area (Å²) in [6.07, 6.45) is 0. The second kappa shape index (κ2) is 32.7. The molecule has 2 aromatic heterocycles. The van der Waals surface area contributed by atoms with Crippen LogP contribution in [0.25, 0.3) is 166 Å². The van der Waals surface area contributed by atoms with Crippen LogP contribution >= 0.6 is 0 Å². The molecule has 24 aromatic rings. The maximum Gasteiger partial charge on any atom is 0.0720 e. The van der Waals surface area contributed by atoms with Crippen molar-refractivity contribution in [3.63, 3.8) is 0 Å². The number of nitrogens with zero attached hydrogens (tertiary/aromatic N) is 2. The summed E-state index contributed by atoms with van der Waals surface area (Å²) in [5.74, 6) is 0.299. The van der Waals surface area contributed by atoms with Gasteiger partial charge < -0.3 is 9.13 Å². The summed E-state index contributed by atoms with van der Waals surface area (Å²) in [7, 11) is 0. The Morgan fingerprint density at radius 2 is 0.478 bits per heavy atom. The van der Waals surface area contributed by atoms with Gasteiger partial charge in [-0.3, -0.25) is 0 Å². The third-order valence-corrected chi connectivity index (χ3v) is 30.3. The lowest BCUT2D eigenvalue weighted by Gasteiger charge is -2.34. The highest BCUT2D eigenvalue weighted by Gasteiger charge is 2.50. The van der Waals surface area contributed by atoms with Crippen LogP contribution in [0, 0.1) is 0 Å². The largest absolute Gasteiger partial charge is 0.309 e. The third kappa shape index (κ3) is 12.6. The van der Waals surface area contributed by atoms with Crippen LogP contribution in [0.1, 0.15) is 89.7 Å². The van der Waals surface area contributed by atoms with E-state index in [0.29, 0.717) is 0 Å². The summed E-state index contributed by atoms with van der Waals surface area (Å²) < 4.78 is 5.01. The fraction of sp³-hybridized carbons (Fsp3) is 0.0294. The van der Waals surface area contributed by atoms with Gasteiger partial charge in [-0.2, -0.15) is 0 Å². The lowest BCUT2D eigenvalue weighted by Crippen LogP contribution is -2.28. The van der Waals surface area contributed by atoms with Crippen molar-refractivity contribution in [2.24, 2.45) is 0 Å². The summed E-state index contributed by atoms with van der Waals surface area (Å²) in [5.41, 5.74) is 49.4. The molecule has 0 saturated heterocycles. The first-order valence-electron chi connectivity index (χ1n) is 48.2. The standard InChI is InChI=1S/2C68H45N/c1-5-19-45(20-6-1)47-23-17-25-51(41-47)65-57-33-14-13-31-55(57)60-43-49(35-37-58(60)65)50-36-39-63-61(44-50)66-64(69(63)54-30-18-24-48(42-54)46-21-7-2-8-22-46)40-38-59-56-32-15-16-34-62(56)68(67(59)66,52-26-9-3-10-27-52)53-28-11-4-12-29-53;1-5-19-45(20-6-1)47-23-17-25-51(41-47)65-56-32-14-13-31-55(56)59-43-49(35-37-57(59)65)50-36-39-63-60(44-50)67-64(69(63)54-30-18-24-48(42-54)46-21-7-2-8-22-46)40-38-62-66(67)58-33-15-16-34-61(58)68(62,52-26-9-3-10-27-52)53-28-11-4-12-29-53/h2*1-44,65H. The quantitative estimate of drug-likeness (QED) is 0.103. The fourth-order valence-corrected chi connectivity index (χ4v) is 24.5. The number of benzene rings is 22.